The maximum Gasteiger partial charge on any atom is 0.155 e. The van der Waals surface area contributed by atoms with Crippen molar-refractivity contribution in [1.29, 1.82) is 0 Å². The minimum atomic E-state index is -0.314. The third-order valence-corrected chi connectivity index (χ3v) is 3.98. The van der Waals surface area contributed by atoms with Gasteiger partial charge in [0, 0.05) is 30.5 Å². The van der Waals surface area contributed by atoms with Gasteiger partial charge in [-0.3, -0.25) is 9.69 Å². The van der Waals surface area contributed by atoms with Gasteiger partial charge in [-0.25, -0.2) is 4.39 Å². The fourth-order valence-corrected chi connectivity index (χ4v) is 2.90. The van der Waals surface area contributed by atoms with E-state index in [9.17, 15) is 9.18 Å². The molecule has 1 fully saturated rings. The van der Waals surface area contributed by atoms with Gasteiger partial charge in [0.15, 0.2) is 5.78 Å². The predicted octanol–water partition coefficient (Wildman–Crippen LogP) is 1.95. The Morgan fingerprint density at radius 3 is 2.79 bits per heavy atom. The maximum atomic E-state index is 13.3. The van der Waals surface area contributed by atoms with Crippen molar-refractivity contribution in [3.63, 3.8) is 0 Å². The van der Waals surface area contributed by atoms with E-state index >= 15 is 0 Å². The van der Waals surface area contributed by atoms with Crippen molar-refractivity contribution in [2.24, 2.45) is 0 Å². The summed E-state index contributed by atoms with van der Waals surface area (Å²) in [6.45, 7) is 2.61. The van der Waals surface area contributed by atoms with Crippen molar-refractivity contribution in [2.45, 2.75) is 12.5 Å². The zero-order valence-corrected chi connectivity index (χ0v) is 12.8. The monoisotopic (exact) mass is 328 g/mol. The number of carbonyl (C=O) groups is 1. The molecule has 0 radical (unpaired) electrons. The van der Waals surface area contributed by atoms with Crippen LogP contribution in [0.2, 0.25) is 0 Å². The van der Waals surface area contributed by atoms with E-state index in [4.69, 9.17) is 0 Å². The Hall–Kier alpha value is -0.780. The van der Waals surface area contributed by atoms with Crippen LogP contribution in [0.5, 0.6) is 0 Å². The summed E-state index contributed by atoms with van der Waals surface area (Å²) in [4.78, 5) is 16.6. The fourth-order valence-electron chi connectivity index (χ4n) is 2.39. The summed E-state index contributed by atoms with van der Waals surface area (Å²) in [6.07, 6.45) is 0.277. The second kappa shape index (κ2) is 6.11. The molecule has 1 aliphatic heterocycles. The second-order valence-corrected chi connectivity index (χ2v) is 6.10. The van der Waals surface area contributed by atoms with Crippen molar-refractivity contribution in [2.75, 3.05) is 33.7 Å². The first-order chi connectivity index (χ1) is 8.95. The smallest absolute Gasteiger partial charge is 0.155 e. The molecule has 3 nitrogen and oxygen atoms in total. The van der Waals surface area contributed by atoms with Crippen LogP contribution < -0.4 is 0 Å². The molecule has 104 valence electrons. The van der Waals surface area contributed by atoms with Crippen molar-refractivity contribution >= 4 is 21.7 Å². The molecule has 1 aromatic carbocycles. The molecule has 0 N–H and O–H groups in total. The topological polar surface area (TPSA) is 23.6 Å². The highest BCUT2D eigenvalue weighted by Gasteiger charge is 2.28. The first-order valence-corrected chi connectivity index (χ1v) is 7.11. The number of nitrogens with zero attached hydrogens (tertiary/aromatic N) is 2. The number of hydrogen-bond acceptors (Lipinski definition) is 3. The first-order valence-electron chi connectivity index (χ1n) is 6.32. The summed E-state index contributed by atoms with van der Waals surface area (Å²) in [5.74, 6) is -0.169. The molecule has 0 spiro atoms. The van der Waals surface area contributed by atoms with E-state index in [2.05, 4.69) is 25.7 Å². The number of likely N-dealkylation sites (N-methyl/N-ethyl adjacent to an activating group) is 2. The molecule has 19 heavy (non-hydrogen) atoms. The van der Waals surface area contributed by atoms with Gasteiger partial charge in [-0.15, -0.1) is 0 Å². The summed E-state index contributed by atoms with van der Waals surface area (Å²) in [5.41, 5.74) is 0.721. The fraction of sp³-hybridized carbons (Fsp3) is 0.500. The number of benzene rings is 1. The summed E-state index contributed by atoms with van der Waals surface area (Å²) < 4.78 is 14.0. The van der Waals surface area contributed by atoms with Crippen LogP contribution in [0.3, 0.4) is 0 Å². The summed E-state index contributed by atoms with van der Waals surface area (Å²) in [5, 5.41) is 0. The normalized spacial score (nSPS) is 21.6. The Bertz CT molecular complexity index is 460. The third-order valence-electron chi connectivity index (χ3n) is 3.52. The number of piperazine rings is 1. The van der Waals surface area contributed by atoms with Crippen LogP contribution in [0.4, 0.5) is 4.39 Å². The number of hydrogen-bond donors (Lipinski definition) is 0. The van der Waals surface area contributed by atoms with Gasteiger partial charge in [-0.05, 0) is 37.9 Å². The molecule has 0 aromatic heterocycles. The van der Waals surface area contributed by atoms with Gasteiger partial charge >= 0.3 is 0 Å². The van der Waals surface area contributed by atoms with Crippen molar-refractivity contribution in [3.05, 3.63) is 34.1 Å². The van der Waals surface area contributed by atoms with Gasteiger partial charge in [0.2, 0.25) is 0 Å². The Balaban J connectivity index is 2.07. The zero-order chi connectivity index (χ0) is 14.0. The lowest BCUT2D eigenvalue weighted by molar-refractivity contribution is -0.125. The molecule has 0 amide bonds. The van der Waals surface area contributed by atoms with E-state index in [0.717, 1.165) is 25.2 Å². The number of carbonyl (C=O) groups excluding carboxylic acids is 1. The first kappa shape index (κ1) is 14.6. The van der Waals surface area contributed by atoms with E-state index in [-0.39, 0.29) is 24.1 Å². The van der Waals surface area contributed by atoms with E-state index in [1.54, 1.807) is 6.07 Å². The second-order valence-electron chi connectivity index (χ2n) is 5.18. The lowest BCUT2D eigenvalue weighted by atomic mass is 10.0. The van der Waals surface area contributed by atoms with E-state index in [1.807, 2.05) is 14.1 Å². The lowest BCUT2D eigenvalue weighted by Gasteiger charge is -2.36. The quantitative estimate of drug-likeness (QED) is 0.847. The SMILES string of the molecule is CN1CCN(C)C(C(=O)Cc2cc(F)cc(Br)c2)C1. The van der Waals surface area contributed by atoms with E-state index < -0.39 is 0 Å². The number of ketones is 1. The average Bonchev–Trinajstić information content (AvgIpc) is 2.30. The average molecular weight is 329 g/mol. The van der Waals surface area contributed by atoms with Crippen LogP contribution in [0, 0.1) is 5.82 Å². The summed E-state index contributed by atoms with van der Waals surface area (Å²) >= 11 is 3.25. The number of halogens is 2. The van der Waals surface area contributed by atoms with Crippen LogP contribution in [-0.4, -0.2) is 55.4 Å². The van der Waals surface area contributed by atoms with Gasteiger partial charge in [-0.2, -0.15) is 0 Å². The zero-order valence-electron chi connectivity index (χ0n) is 11.2. The highest BCUT2D eigenvalue weighted by molar-refractivity contribution is 9.10. The highest BCUT2D eigenvalue weighted by atomic mass is 79.9. The molecule has 1 heterocycles. The largest absolute Gasteiger partial charge is 0.303 e. The third kappa shape index (κ3) is 3.84. The molecule has 1 atom stereocenters. The predicted molar refractivity (Wildman–Crippen MR) is 76.7 cm³/mol. The Kier molecular flexibility index (Phi) is 4.71. The number of Topliss-reactive ketones (excluding diaryl/α,β-unsaturated/α-hetero) is 1. The number of rotatable bonds is 3. The van der Waals surface area contributed by atoms with Gasteiger partial charge in [0.25, 0.3) is 0 Å². The molecule has 1 saturated heterocycles. The molecule has 0 saturated carbocycles. The molecular weight excluding hydrogens is 311 g/mol. The van der Waals surface area contributed by atoms with Gasteiger partial charge < -0.3 is 4.90 Å². The molecule has 2 rings (SSSR count). The van der Waals surface area contributed by atoms with Crippen LogP contribution in [0.1, 0.15) is 5.56 Å². The summed E-state index contributed by atoms with van der Waals surface area (Å²) in [7, 11) is 3.99. The Morgan fingerprint density at radius 2 is 2.11 bits per heavy atom. The van der Waals surface area contributed by atoms with Crippen molar-refractivity contribution < 1.29 is 9.18 Å². The minimum absolute atomic E-state index is 0.0965. The summed E-state index contributed by atoms with van der Waals surface area (Å²) in [6, 6.07) is 4.53. The molecule has 1 aromatic rings. The van der Waals surface area contributed by atoms with Crippen LogP contribution in [0.25, 0.3) is 0 Å². The van der Waals surface area contributed by atoms with E-state index in [1.165, 1.54) is 12.1 Å². The molecule has 5 heteroatoms. The molecule has 1 aliphatic rings. The minimum Gasteiger partial charge on any atom is -0.303 e. The lowest BCUT2D eigenvalue weighted by Crippen LogP contribution is -2.53. The van der Waals surface area contributed by atoms with Crippen LogP contribution in [0.15, 0.2) is 22.7 Å². The molecule has 0 aliphatic carbocycles. The van der Waals surface area contributed by atoms with Gasteiger partial charge in [-0.1, -0.05) is 15.9 Å². The Labute approximate surface area is 121 Å². The molecule has 1 unspecified atom stereocenters. The Morgan fingerprint density at radius 1 is 1.37 bits per heavy atom. The van der Waals surface area contributed by atoms with Crippen LogP contribution in [-0.2, 0) is 11.2 Å². The van der Waals surface area contributed by atoms with Gasteiger partial charge in [0.05, 0.1) is 6.04 Å². The van der Waals surface area contributed by atoms with Gasteiger partial charge in [0.1, 0.15) is 5.82 Å². The maximum absolute atomic E-state index is 13.3. The standard InChI is InChI=1S/C14H18BrFN2O/c1-17-3-4-18(2)13(9-17)14(19)7-10-5-11(15)8-12(16)6-10/h5-6,8,13H,3-4,7,9H2,1-2H3. The van der Waals surface area contributed by atoms with Crippen LogP contribution >= 0.6 is 15.9 Å². The molecule has 0 bridgehead atoms. The van der Waals surface area contributed by atoms with Crippen molar-refractivity contribution in [3.8, 4) is 0 Å². The molecular formula is C14H18BrFN2O. The van der Waals surface area contributed by atoms with Crippen molar-refractivity contribution in [1.82, 2.24) is 9.80 Å². The van der Waals surface area contributed by atoms with E-state index in [0.29, 0.717) is 4.47 Å². The highest BCUT2D eigenvalue weighted by Crippen LogP contribution is 2.17.